The van der Waals surface area contributed by atoms with E-state index in [0.717, 1.165) is 39.6 Å². The lowest BCUT2D eigenvalue weighted by atomic mass is 10.2. The molecule has 0 saturated heterocycles. The Kier molecular flexibility index (Phi) is 6.41. The summed E-state index contributed by atoms with van der Waals surface area (Å²) in [5.41, 5.74) is 8.59. The lowest BCUT2D eigenvalue weighted by Crippen LogP contribution is -2.22. The highest BCUT2D eigenvalue weighted by atomic mass is 32.1. The molecule has 0 radical (unpaired) electrons. The first kappa shape index (κ1) is 21.2. The Morgan fingerprint density at radius 1 is 1.13 bits per heavy atom. The smallest absolute Gasteiger partial charge is 0.167 e. The molecule has 0 atom stereocenters. The van der Waals surface area contributed by atoms with Gasteiger partial charge in [0.25, 0.3) is 0 Å². The van der Waals surface area contributed by atoms with Crippen molar-refractivity contribution in [1.82, 2.24) is 14.9 Å². The van der Waals surface area contributed by atoms with E-state index < -0.39 is 5.82 Å². The molecule has 0 aliphatic carbocycles. The van der Waals surface area contributed by atoms with Crippen molar-refractivity contribution in [3.8, 4) is 22.1 Å². The van der Waals surface area contributed by atoms with Crippen molar-refractivity contribution < 1.29 is 13.9 Å². The van der Waals surface area contributed by atoms with Gasteiger partial charge in [-0.25, -0.2) is 4.39 Å². The van der Waals surface area contributed by atoms with Gasteiger partial charge in [-0.05, 0) is 37.4 Å². The maximum absolute atomic E-state index is 14.2. The van der Waals surface area contributed by atoms with Gasteiger partial charge in [-0.2, -0.15) is 0 Å². The number of fused-ring (bicyclic) bond motifs is 1. The lowest BCUT2D eigenvalue weighted by Gasteiger charge is -2.15. The van der Waals surface area contributed by atoms with Gasteiger partial charge in [0, 0.05) is 44.2 Å². The molecule has 160 valence electrons. The molecule has 0 unspecified atom stereocenters. The SMILES string of the molecule is COCCN(C)Cc1cccc(-c2cc3nccc(Oc4ccc(N)cc4F)c3s2)n1. The summed E-state index contributed by atoms with van der Waals surface area (Å²) >= 11 is 1.52. The number of methoxy groups -OCH3 is 1. The van der Waals surface area contributed by atoms with Crippen LogP contribution in [-0.4, -0.2) is 42.2 Å². The van der Waals surface area contributed by atoms with Crippen molar-refractivity contribution in [1.29, 1.82) is 0 Å². The molecule has 0 aliphatic heterocycles. The molecular weight excluding hydrogens is 415 g/mol. The summed E-state index contributed by atoms with van der Waals surface area (Å²) in [7, 11) is 3.73. The number of hydrogen-bond donors (Lipinski definition) is 1. The van der Waals surface area contributed by atoms with Crippen molar-refractivity contribution in [3.05, 3.63) is 66.2 Å². The number of anilines is 1. The predicted molar refractivity (Wildman–Crippen MR) is 122 cm³/mol. The van der Waals surface area contributed by atoms with Gasteiger partial charge in [0.2, 0.25) is 0 Å². The van der Waals surface area contributed by atoms with Crippen LogP contribution in [0, 0.1) is 5.82 Å². The Labute approximate surface area is 184 Å². The van der Waals surface area contributed by atoms with Crippen LogP contribution in [0.1, 0.15) is 5.69 Å². The Morgan fingerprint density at radius 2 is 2.00 bits per heavy atom. The van der Waals surface area contributed by atoms with E-state index in [9.17, 15) is 4.39 Å². The zero-order valence-corrected chi connectivity index (χ0v) is 18.2. The number of aromatic nitrogens is 2. The molecule has 31 heavy (non-hydrogen) atoms. The van der Waals surface area contributed by atoms with E-state index in [4.69, 9.17) is 20.2 Å². The fourth-order valence-corrected chi connectivity index (χ4v) is 4.18. The average molecular weight is 439 g/mol. The Balaban J connectivity index is 1.61. The third-order valence-corrected chi connectivity index (χ3v) is 5.88. The van der Waals surface area contributed by atoms with Crippen LogP contribution in [0.2, 0.25) is 0 Å². The zero-order chi connectivity index (χ0) is 21.8. The highest BCUT2D eigenvalue weighted by molar-refractivity contribution is 7.22. The van der Waals surface area contributed by atoms with Gasteiger partial charge in [0.15, 0.2) is 11.6 Å². The number of halogens is 1. The summed E-state index contributed by atoms with van der Waals surface area (Å²) in [6.07, 6.45) is 1.65. The zero-order valence-electron chi connectivity index (χ0n) is 17.3. The molecule has 0 fully saturated rings. The summed E-state index contributed by atoms with van der Waals surface area (Å²) in [5.74, 6) is 0.157. The highest BCUT2D eigenvalue weighted by Crippen LogP contribution is 2.39. The Morgan fingerprint density at radius 3 is 2.81 bits per heavy atom. The molecule has 0 aliphatic rings. The second kappa shape index (κ2) is 9.38. The minimum atomic E-state index is -0.506. The molecule has 0 spiro atoms. The van der Waals surface area contributed by atoms with Crippen LogP contribution in [0.25, 0.3) is 20.8 Å². The van der Waals surface area contributed by atoms with Gasteiger partial charge in [0.1, 0.15) is 5.75 Å². The molecule has 0 saturated carbocycles. The molecule has 6 nitrogen and oxygen atoms in total. The van der Waals surface area contributed by atoms with Gasteiger partial charge in [-0.1, -0.05) is 6.07 Å². The van der Waals surface area contributed by atoms with E-state index in [0.29, 0.717) is 18.0 Å². The third-order valence-electron chi connectivity index (χ3n) is 4.72. The quantitative estimate of drug-likeness (QED) is 0.393. The van der Waals surface area contributed by atoms with E-state index >= 15 is 0 Å². The van der Waals surface area contributed by atoms with Gasteiger partial charge >= 0.3 is 0 Å². The fourth-order valence-electron chi connectivity index (χ4n) is 3.15. The van der Waals surface area contributed by atoms with Crippen LogP contribution in [0.3, 0.4) is 0 Å². The first-order chi connectivity index (χ1) is 15.0. The van der Waals surface area contributed by atoms with Gasteiger partial charge < -0.3 is 15.2 Å². The van der Waals surface area contributed by atoms with Crippen LogP contribution in [0.5, 0.6) is 11.5 Å². The van der Waals surface area contributed by atoms with E-state index in [1.807, 2.05) is 31.3 Å². The Bertz CT molecular complexity index is 1200. The van der Waals surface area contributed by atoms with Crippen LogP contribution < -0.4 is 10.5 Å². The fraction of sp³-hybridized carbons (Fsp3) is 0.217. The molecule has 4 aromatic rings. The number of likely N-dealkylation sites (N-methyl/N-ethyl adjacent to an activating group) is 1. The Hall–Kier alpha value is -3.07. The highest BCUT2D eigenvalue weighted by Gasteiger charge is 2.14. The maximum atomic E-state index is 14.2. The predicted octanol–water partition coefficient (Wildman–Crippen LogP) is 4.95. The average Bonchev–Trinajstić information content (AvgIpc) is 3.20. The molecule has 1 aromatic carbocycles. The summed E-state index contributed by atoms with van der Waals surface area (Å²) in [6, 6.07) is 14.1. The number of hydrogen-bond acceptors (Lipinski definition) is 7. The number of benzene rings is 1. The maximum Gasteiger partial charge on any atom is 0.167 e. The number of ether oxygens (including phenoxy) is 2. The largest absolute Gasteiger partial charge is 0.453 e. The van der Waals surface area contributed by atoms with E-state index in [-0.39, 0.29) is 5.75 Å². The molecule has 2 N–H and O–H groups in total. The molecule has 3 heterocycles. The van der Waals surface area contributed by atoms with Crippen LogP contribution in [0.15, 0.2) is 54.7 Å². The minimum absolute atomic E-state index is 0.121. The first-order valence-corrected chi connectivity index (χ1v) is 10.6. The van der Waals surface area contributed by atoms with Gasteiger partial charge in [-0.3, -0.25) is 14.9 Å². The van der Waals surface area contributed by atoms with Crippen LogP contribution in [-0.2, 0) is 11.3 Å². The number of pyridine rings is 2. The van der Waals surface area contributed by atoms with Crippen molar-refractivity contribution in [2.45, 2.75) is 6.54 Å². The summed E-state index contributed by atoms with van der Waals surface area (Å²) in [6.45, 7) is 2.23. The summed E-state index contributed by atoms with van der Waals surface area (Å²) in [4.78, 5) is 12.4. The number of rotatable bonds is 8. The van der Waals surface area contributed by atoms with Crippen LogP contribution in [0.4, 0.5) is 10.1 Å². The molecule has 8 heteroatoms. The van der Waals surface area contributed by atoms with Crippen molar-refractivity contribution in [2.24, 2.45) is 0 Å². The van der Waals surface area contributed by atoms with E-state index in [1.165, 1.54) is 23.5 Å². The monoisotopic (exact) mass is 438 g/mol. The van der Waals surface area contributed by atoms with E-state index in [1.54, 1.807) is 25.4 Å². The van der Waals surface area contributed by atoms with Crippen molar-refractivity contribution in [2.75, 3.05) is 33.0 Å². The summed E-state index contributed by atoms with van der Waals surface area (Å²) in [5, 5.41) is 0. The minimum Gasteiger partial charge on any atom is -0.453 e. The van der Waals surface area contributed by atoms with Crippen molar-refractivity contribution >= 4 is 27.2 Å². The topological polar surface area (TPSA) is 73.5 Å². The molecular formula is C23H23FN4O2S. The molecule has 0 bridgehead atoms. The standard InChI is InChI=1S/C23H23FN4O2S/c1-28(10-11-29-2)14-16-4-3-5-18(27-16)22-13-19-23(31-22)21(8-9-26-19)30-20-7-6-15(25)12-17(20)24/h3-9,12-13H,10-11,14,25H2,1-2H3. The normalized spacial score (nSPS) is 11.4. The number of nitrogens with zero attached hydrogens (tertiary/aromatic N) is 3. The first-order valence-electron chi connectivity index (χ1n) is 9.78. The summed E-state index contributed by atoms with van der Waals surface area (Å²) < 4.78 is 26.0. The van der Waals surface area contributed by atoms with Gasteiger partial charge in [-0.15, -0.1) is 11.3 Å². The van der Waals surface area contributed by atoms with E-state index in [2.05, 4.69) is 9.88 Å². The molecule has 4 rings (SSSR count). The lowest BCUT2D eigenvalue weighted by molar-refractivity contribution is 0.158. The van der Waals surface area contributed by atoms with Crippen LogP contribution >= 0.6 is 11.3 Å². The second-order valence-electron chi connectivity index (χ2n) is 7.17. The van der Waals surface area contributed by atoms with Gasteiger partial charge in [0.05, 0.1) is 33.1 Å². The molecule has 0 amide bonds. The second-order valence-corrected chi connectivity index (χ2v) is 8.22. The van der Waals surface area contributed by atoms with Crippen molar-refractivity contribution in [3.63, 3.8) is 0 Å². The third kappa shape index (κ3) is 4.99. The molecule has 3 aromatic heterocycles. The number of nitrogen functional groups attached to an aromatic ring is 1. The number of nitrogens with two attached hydrogens (primary N) is 1. The number of thiophene rings is 1.